The second-order valence-corrected chi connectivity index (χ2v) is 5.90. The number of allylic oxidation sites excluding steroid dienone is 6. The van der Waals surface area contributed by atoms with Crippen molar-refractivity contribution < 1.29 is 4.74 Å². The highest BCUT2D eigenvalue weighted by molar-refractivity contribution is 5.51. The van der Waals surface area contributed by atoms with Crippen LogP contribution in [0.5, 0.6) is 5.75 Å². The van der Waals surface area contributed by atoms with Crippen LogP contribution in [0.3, 0.4) is 0 Å². The smallest absolute Gasteiger partial charge is 0.130 e. The van der Waals surface area contributed by atoms with E-state index in [1.807, 2.05) is 6.07 Å². The maximum atomic E-state index is 6.18. The second kappa shape index (κ2) is 4.55. The Morgan fingerprint density at radius 2 is 2.05 bits per heavy atom. The molecule has 0 saturated heterocycles. The van der Waals surface area contributed by atoms with Gasteiger partial charge in [-0.25, -0.2) is 0 Å². The number of ether oxygens (including phenoxy) is 1. The van der Waals surface area contributed by atoms with Crippen molar-refractivity contribution in [2.75, 3.05) is 0 Å². The molecule has 4 rings (SSSR count). The minimum Gasteiger partial charge on any atom is -0.460 e. The molecule has 20 heavy (non-hydrogen) atoms. The maximum Gasteiger partial charge on any atom is 0.130 e. The lowest BCUT2D eigenvalue weighted by molar-refractivity contribution is 0.400. The average Bonchev–Trinajstić information content (AvgIpc) is 2.87. The largest absolute Gasteiger partial charge is 0.460 e. The van der Waals surface area contributed by atoms with E-state index in [4.69, 9.17) is 10.5 Å². The van der Waals surface area contributed by atoms with Gasteiger partial charge in [0.1, 0.15) is 11.5 Å². The van der Waals surface area contributed by atoms with Crippen molar-refractivity contribution >= 4 is 0 Å². The lowest BCUT2D eigenvalue weighted by Crippen LogP contribution is -2.16. The van der Waals surface area contributed by atoms with E-state index in [0.717, 1.165) is 37.1 Å². The van der Waals surface area contributed by atoms with Crippen LogP contribution in [0.4, 0.5) is 0 Å². The Kier molecular flexibility index (Phi) is 2.69. The molecule has 3 aliphatic rings. The standard InChI is InChI=1S/C18H19NO/c19-13-10-8-12(9-11-13)14-5-3-6-16-15-4-1-2-7-17(15)20-18(14)16/h1-5,7,10,12,16H,6,8-9,11,19H2. The normalized spacial score (nSPS) is 27.7. The van der Waals surface area contributed by atoms with Gasteiger partial charge in [0.2, 0.25) is 0 Å². The zero-order valence-corrected chi connectivity index (χ0v) is 11.5. The van der Waals surface area contributed by atoms with Crippen LogP contribution >= 0.6 is 0 Å². The molecule has 0 bridgehead atoms. The van der Waals surface area contributed by atoms with Crippen LogP contribution in [0.15, 0.2) is 59.5 Å². The van der Waals surface area contributed by atoms with Crippen LogP contribution in [0, 0.1) is 5.92 Å². The Bertz CT molecular complexity index is 639. The van der Waals surface area contributed by atoms with Crippen molar-refractivity contribution in [2.45, 2.75) is 31.6 Å². The summed E-state index contributed by atoms with van der Waals surface area (Å²) < 4.78 is 6.18. The van der Waals surface area contributed by atoms with E-state index in [2.05, 4.69) is 36.4 Å². The summed E-state index contributed by atoms with van der Waals surface area (Å²) in [4.78, 5) is 0. The predicted octanol–water partition coefficient (Wildman–Crippen LogP) is 4.02. The number of hydrogen-bond acceptors (Lipinski definition) is 2. The highest BCUT2D eigenvalue weighted by Crippen LogP contribution is 2.48. The van der Waals surface area contributed by atoms with E-state index in [1.165, 1.54) is 16.9 Å². The summed E-state index contributed by atoms with van der Waals surface area (Å²) in [5.41, 5.74) is 9.67. The molecule has 2 N–H and O–H groups in total. The summed E-state index contributed by atoms with van der Waals surface area (Å²) in [5.74, 6) is 3.22. The average molecular weight is 265 g/mol. The van der Waals surface area contributed by atoms with Gasteiger partial charge in [-0.2, -0.15) is 0 Å². The number of fused-ring (bicyclic) bond motifs is 3. The molecule has 102 valence electrons. The molecular weight excluding hydrogens is 246 g/mol. The fourth-order valence-electron chi connectivity index (χ4n) is 3.57. The van der Waals surface area contributed by atoms with Crippen molar-refractivity contribution in [1.82, 2.24) is 0 Å². The van der Waals surface area contributed by atoms with Crippen LogP contribution in [-0.2, 0) is 0 Å². The molecule has 0 amide bonds. The van der Waals surface area contributed by atoms with Crippen molar-refractivity contribution in [3.63, 3.8) is 0 Å². The van der Waals surface area contributed by atoms with E-state index < -0.39 is 0 Å². The van der Waals surface area contributed by atoms with Gasteiger partial charge in [-0.05, 0) is 43.2 Å². The molecule has 2 nitrogen and oxygen atoms in total. The fourth-order valence-corrected chi connectivity index (χ4v) is 3.57. The van der Waals surface area contributed by atoms with E-state index in [-0.39, 0.29) is 0 Å². The third-order valence-electron chi connectivity index (χ3n) is 4.67. The Hall–Kier alpha value is -1.96. The van der Waals surface area contributed by atoms with Crippen molar-refractivity contribution in [3.8, 4) is 5.75 Å². The third kappa shape index (κ3) is 1.79. The van der Waals surface area contributed by atoms with Crippen molar-refractivity contribution in [2.24, 2.45) is 11.7 Å². The van der Waals surface area contributed by atoms with E-state index in [0.29, 0.717) is 11.8 Å². The number of para-hydroxylation sites is 1. The second-order valence-electron chi connectivity index (χ2n) is 5.90. The molecule has 0 aromatic heterocycles. The molecule has 2 unspecified atom stereocenters. The summed E-state index contributed by atoms with van der Waals surface area (Å²) in [6, 6.07) is 8.43. The first-order valence-corrected chi connectivity index (χ1v) is 7.45. The first-order valence-electron chi connectivity index (χ1n) is 7.45. The first-order chi connectivity index (χ1) is 9.83. The lowest BCUT2D eigenvalue weighted by atomic mass is 9.80. The minimum absolute atomic E-state index is 0.425. The molecular formula is C18H19NO. The molecule has 1 heterocycles. The zero-order chi connectivity index (χ0) is 13.5. The zero-order valence-electron chi connectivity index (χ0n) is 11.5. The predicted molar refractivity (Wildman–Crippen MR) is 80.2 cm³/mol. The maximum absolute atomic E-state index is 6.18. The monoisotopic (exact) mass is 265 g/mol. The Morgan fingerprint density at radius 3 is 2.90 bits per heavy atom. The van der Waals surface area contributed by atoms with Crippen LogP contribution in [0.1, 0.15) is 37.2 Å². The molecule has 0 radical (unpaired) electrons. The molecule has 1 aromatic carbocycles. The summed E-state index contributed by atoms with van der Waals surface area (Å²) in [6.07, 6.45) is 11.0. The number of nitrogens with two attached hydrogens (primary N) is 1. The Labute approximate surface area is 119 Å². The highest BCUT2D eigenvalue weighted by Gasteiger charge is 2.34. The van der Waals surface area contributed by atoms with Crippen molar-refractivity contribution in [1.29, 1.82) is 0 Å². The van der Waals surface area contributed by atoms with Gasteiger partial charge in [0.05, 0.1) is 0 Å². The van der Waals surface area contributed by atoms with Crippen LogP contribution < -0.4 is 10.5 Å². The van der Waals surface area contributed by atoms with Gasteiger partial charge in [-0.3, -0.25) is 0 Å². The quantitative estimate of drug-likeness (QED) is 0.832. The summed E-state index contributed by atoms with van der Waals surface area (Å²) in [7, 11) is 0. The summed E-state index contributed by atoms with van der Waals surface area (Å²) >= 11 is 0. The van der Waals surface area contributed by atoms with Gasteiger partial charge in [0, 0.05) is 17.2 Å². The summed E-state index contributed by atoms with van der Waals surface area (Å²) in [6.45, 7) is 0. The number of rotatable bonds is 1. The van der Waals surface area contributed by atoms with Gasteiger partial charge in [0.15, 0.2) is 0 Å². The molecule has 0 saturated carbocycles. The highest BCUT2D eigenvalue weighted by atomic mass is 16.5. The first kappa shape index (κ1) is 11.8. The Morgan fingerprint density at radius 1 is 1.15 bits per heavy atom. The fraction of sp³-hybridized carbons (Fsp3) is 0.333. The SMILES string of the molecule is NC1=CCC(C2=C3Oc4ccccc4C3CC=C2)CC1. The summed E-state index contributed by atoms with van der Waals surface area (Å²) in [5, 5.41) is 0. The number of hydrogen-bond donors (Lipinski definition) is 1. The van der Waals surface area contributed by atoms with E-state index in [9.17, 15) is 0 Å². The molecule has 0 fully saturated rings. The minimum atomic E-state index is 0.425. The Balaban J connectivity index is 1.72. The third-order valence-corrected chi connectivity index (χ3v) is 4.67. The molecule has 2 aliphatic carbocycles. The van der Waals surface area contributed by atoms with E-state index in [1.54, 1.807) is 0 Å². The van der Waals surface area contributed by atoms with Gasteiger partial charge in [0.25, 0.3) is 0 Å². The van der Waals surface area contributed by atoms with Crippen LogP contribution in [0.2, 0.25) is 0 Å². The van der Waals surface area contributed by atoms with Gasteiger partial charge < -0.3 is 10.5 Å². The van der Waals surface area contributed by atoms with E-state index >= 15 is 0 Å². The van der Waals surface area contributed by atoms with Crippen molar-refractivity contribution in [3.05, 3.63) is 65.1 Å². The molecule has 1 aliphatic heterocycles. The molecule has 2 heteroatoms. The number of benzene rings is 1. The van der Waals surface area contributed by atoms with Crippen LogP contribution in [-0.4, -0.2) is 0 Å². The van der Waals surface area contributed by atoms with Crippen LogP contribution in [0.25, 0.3) is 0 Å². The molecule has 0 spiro atoms. The topological polar surface area (TPSA) is 35.2 Å². The van der Waals surface area contributed by atoms with Gasteiger partial charge in [-0.15, -0.1) is 0 Å². The molecule has 1 aromatic rings. The van der Waals surface area contributed by atoms with Gasteiger partial charge >= 0.3 is 0 Å². The lowest BCUT2D eigenvalue weighted by Gasteiger charge is -2.26. The van der Waals surface area contributed by atoms with Gasteiger partial charge in [-0.1, -0.05) is 36.4 Å². The molecule has 2 atom stereocenters.